The van der Waals surface area contributed by atoms with E-state index < -0.39 is 0 Å². The molecular formula is C24H21NO3. The predicted octanol–water partition coefficient (Wildman–Crippen LogP) is 5.12. The molecule has 0 saturated heterocycles. The highest BCUT2D eigenvalue weighted by Crippen LogP contribution is 2.48. The zero-order valence-corrected chi connectivity index (χ0v) is 15.7. The summed E-state index contributed by atoms with van der Waals surface area (Å²) in [5.74, 6) is 0.551. The standard InChI is InChI=1S/C24H21NO3/c1-28-21-13-15(10-12-19(21)26)22-17-11-9-14-5-2-3-6-16(14)24(17)25-18-7-4-8-20(27)23(18)22/h2-3,5-6,9-13,22,25-26H,4,7-8H2,1H3/t22-/m1/s1. The minimum Gasteiger partial charge on any atom is -0.504 e. The zero-order valence-electron chi connectivity index (χ0n) is 15.7. The van der Waals surface area contributed by atoms with Gasteiger partial charge in [0.25, 0.3) is 0 Å². The van der Waals surface area contributed by atoms with Gasteiger partial charge in [0.1, 0.15) is 0 Å². The molecule has 0 saturated carbocycles. The van der Waals surface area contributed by atoms with Crippen LogP contribution in [0.25, 0.3) is 10.8 Å². The van der Waals surface area contributed by atoms with Crippen molar-refractivity contribution in [3.05, 3.63) is 77.0 Å². The largest absolute Gasteiger partial charge is 0.504 e. The second-order valence-electron chi connectivity index (χ2n) is 7.41. The van der Waals surface area contributed by atoms with Gasteiger partial charge in [-0.25, -0.2) is 0 Å². The van der Waals surface area contributed by atoms with Gasteiger partial charge in [-0.15, -0.1) is 0 Å². The minimum absolute atomic E-state index is 0.100. The molecule has 1 aliphatic heterocycles. The summed E-state index contributed by atoms with van der Waals surface area (Å²) in [6.45, 7) is 0. The highest BCUT2D eigenvalue weighted by atomic mass is 16.5. The van der Waals surface area contributed by atoms with Crippen LogP contribution in [0.15, 0.2) is 65.9 Å². The van der Waals surface area contributed by atoms with Gasteiger partial charge < -0.3 is 15.2 Å². The van der Waals surface area contributed by atoms with E-state index in [2.05, 4.69) is 29.6 Å². The first-order chi connectivity index (χ1) is 13.7. The van der Waals surface area contributed by atoms with Gasteiger partial charge in [-0.05, 0) is 41.5 Å². The van der Waals surface area contributed by atoms with Crippen molar-refractivity contribution in [1.29, 1.82) is 0 Å². The Morgan fingerprint density at radius 2 is 1.93 bits per heavy atom. The lowest BCUT2D eigenvalue weighted by molar-refractivity contribution is -0.116. The number of allylic oxidation sites excluding steroid dienone is 2. The second kappa shape index (κ2) is 6.41. The monoisotopic (exact) mass is 371 g/mol. The summed E-state index contributed by atoms with van der Waals surface area (Å²) in [6, 6.07) is 17.9. The first-order valence-electron chi connectivity index (χ1n) is 9.59. The lowest BCUT2D eigenvalue weighted by Crippen LogP contribution is -2.27. The van der Waals surface area contributed by atoms with Crippen molar-refractivity contribution in [2.45, 2.75) is 25.2 Å². The fourth-order valence-corrected chi connectivity index (χ4v) is 4.52. The molecule has 0 fully saturated rings. The fraction of sp³-hybridized carbons (Fsp3) is 0.208. The molecular weight excluding hydrogens is 350 g/mol. The van der Waals surface area contributed by atoms with Gasteiger partial charge >= 0.3 is 0 Å². The molecule has 4 heteroatoms. The first-order valence-corrected chi connectivity index (χ1v) is 9.59. The van der Waals surface area contributed by atoms with Crippen LogP contribution in [0.3, 0.4) is 0 Å². The number of methoxy groups -OCH3 is 1. The van der Waals surface area contributed by atoms with E-state index in [0.29, 0.717) is 12.2 Å². The van der Waals surface area contributed by atoms with Crippen LogP contribution in [-0.4, -0.2) is 18.0 Å². The normalized spacial score (nSPS) is 18.5. The number of anilines is 1. The van der Waals surface area contributed by atoms with E-state index >= 15 is 0 Å². The molecule has 140 valence electrons. The quantitative estimate of drug-likeness (QED) is 0.656. The van der Waals surface area contributed by atoms with Crippen molar-refractivity contribution >= 4 is 22.2 Å². The third kappa shape index (κ3) is 2.48. The maximum atomic E-state index is 12.9. The zero-order chi connectivity index (χ0) is 19.3. The van der Waals surface area contributed by atoms with Crippen molar-refractivity contribution in [1.82, 2.24) is 0 Å². The number of rotatable bonds is 2. The molecule has 0 radical (unpaired) electrons. The second-order valence-corrected chi connectivity index (χ2v) is 7.41. The van der Waals surface area contributed by atoms with Crippen LogP contribution in [-0.2, 0) is 4.79 Å². The molecule has 1 aliphatic carbocycles. The van der Waals surface area contributed by atoms with Crippen LogP contribution < -0.4 is 10.1 Å². The smallest absolute Gasteiger partial charge is 0.161 e. The maximum Gasteiger partial charge on any atom is 0.161 e. The molecule has 3 aromatic carbocycles. The van der Waals surface area contributed by atoms with Crippen molar-refractivity contribution in [3.63, 3.8) is 0 Å². The van der Waals surface area contributed by atoms with E-state index in [1.165, 1.54) is 5.39 Å². The summed E-state index contributed by atoms with van der Waals surface area (Å²) >= 11 is 0. The SMILES string of the molecule is COc1cc([C@H]2C3=C(CCCC3=O)Nc3c2ccc2ccccc32)ccc1O. The number of benzene rings is 3. The van der Waals surface area contributed by atoms with E-state index in [1.807, 2.05) is 24.3 Å². The Morgan fingerprint density at radius 3 is 2.79 bits per heavy atom. The molecule has 4 nitrogen and oxygen atoms in total. The number of Topliss-reactive ketones (excluding diaryl/α,β-unsaturated/α-hetero) is 1. The average Bonchev–Trinajstić information content (AvgIpc) is 2.73. The van der Waals surface area contributed by atoms with Gasteiger partial charge in [-0.1, -0.05) is 42.5 Å². The topological polar surface area (TPSA) is 58.6 Å². The van der Waals surface area contributed by atoms with E-state index in [4.69, 9.17) is 4.74 Å². The van der Waals surface area contributed by atoms with Crippen LogP contribution >= 0.6 is 0 Å². The molecule has 1 heterocycles. The van der Waals surface area contributed by atoms with Gasteiger partial charge in [-0.2, -0.15) is 0 Å². The number of nitrogens with one attached hydrogen (secondary N) is 1. The van der Waals surface area contributed by atoms with E-state index in [-0.39, 0.29) is 17.5 Å². The highest BCUT2D eigenvalue weighted by Gasteiger charge is 2.35. The average molecular weight is 371 g/mol. The van der Waals surface area contributed by atoms with Crippen LogP contribution in [0.4, 0.5) is 5.69 Å². The molecule has 28 heavy (non-hydrogen) atoms. The number of ketones is 1. The molecule has 0 unspecified atom stereocenters. The number of hydrogen-bond donors (Lipinski definition) is 2. The summed E-state index contributed by atoms with van der Waals surface area (Å²) in [6.07, 6.45) is 2.32. The van der Waals surface area contributed by atoms with Crippen LogP contribution in [0.5, 0.6) is 11.5 Å². The van der Waals surface area contributed by atoms with Crippen molar-refractivity contribution in [2.75, 3.05) is 12.4 Å². The third-order valence-corrected chi connectivity index (χ3v) is 5.83. The molecule has 5 rings (SSSR count). The number of ether oxygens (including phenoxy) is 1. The maximum absolute atomic E-state index is 12.9. The van der Waals surface area contributed by atoms with E-state index in [0.717, 1.165) is 46.3 Å². The Labute approximate surface area is 163 Å². The Kier molecular flexibility index (Phi) is 3.86. The molecule has 2 aliphatic rings. The molecule has 1 atom stereocenters. The van der Waals surface area contributed by atoms with E-state index in [9.17, 15) is 9.90 Å². The molecule has 0 bridgehead atoms. The number of fused-ring (bicyclic) bond motifs is 3. The molecule has 3 aromatic rings. The van der Waals surface area contributed by atoms with Gasteiger partial charge in [-0.3, -0.25) is 4.79 Å². The van der Waals surface area contributed by atoms with Crippen molar-refractivity contribution < 1.29 is 14.6 Å². The molecule has 0 spiro atoms. The molecule has 2 N–H and O–H groups in total. The number of carbonyl (C=O) groups excluding carboxylic acids is 1. The van der Waals surface area contributed by atoms with Gasteiger partial charge in [0.05, 0.1) is 12.8 Å². The number of carbonyl (C=O) groups is 1. The van der Waals surface area contributed by atoms with Crippen molar-refractivity contribution in [2.24, 2.45) is 0 Å². The summed E-state index contributed by atoms with van der Waals surface area (Å²) in [4.78, 5) is 12.9. The highest BCUT2D eigenvalue weighted by molar-refractivity contribution is 6.04. The number of aromatic hydroxyl groups is 1. The van der Waals surface area contributed by atoms with E-state index in [1.54, 1.807) is 13.2 Å². The molecule has 0 amide bonds. The lowest BCUT2D eigenvalue weighted by Gasteiger charge is -2.35. The van der Waals surface area contributed by atoms with Crippen molar-refractivity contribution in [3.8, 4) is 11.5 Å². The Balaban J connectivity index is 1.79. The Bertz CT molecular complexity index is 1150. The summed E-state index contributed by atoms with van der Waals surface area (Å²) in [7, 11) is 1.54. The first kappa shape index (κ1) is 16.9. The third-order valence-electron chi connectivity index (χ3n) is 5.83. The minimum atomic E-state index is -0.168. The van der Waals surface area contributed by atoms with Gasteiger partial charge in [0.2, 0.25) is 0 Å². The van der Waals surface area contributed by atoms with Crippen LogP contribution in [0.1, 0.15) is 36.3 Å². The number of hydrogen-bond acceptors (Lipinski definition) is 4. The predicted molar refractivity (Wildman–Crippen MR) is 110 cm³/mol. The summed E-state index contributed by atoms with van der Waals surface area (Å²) in [5, 5.41) is 15.9. The van der Waals surface area contributed by atoms with Gasteiger partial charge in [0.15, 0.2) is 17.3 Å². The Hall–Kier alpha value is -3.27. The van der Waals surface area contributed by atoms with Crippen LogP contribution in [0, 0.1) is 0 Å². The summed E-state index contributed by atoms with van der Waals surface area (Å²) < 4.78 is 5.33. The summed E-state index contributed by atoms with van der Waals surface area (Å²) in [5.41, 5.74) is 4.98. The number of phenols is 1. The lowest BCUT2D eigenvalue weighted by atomic mass is 9.75. The molecule has 0 aromatic heterocycles. The Morgan fingerprint density at radius 1 is 1.07 bits per heavy atom. The van der Waals surface area contributed by atoms with Crippen LogP contribution in [0.2, 0.25) is 0 Å². The number of phenolic OH excluding ortho intramolecular Hbond substituents is 1. The van der Waals surface area contributed by atoms with Gasteiger partial charge in [0, 0.05) is 29.0 Å². The fourth-order valence-electron chi connectivity index (χ4n) is 4.52.